The van der Waals surface area contributed by atoms with E-state index in [-0.39, 0.29) is 160 Å². The molecule has 22 heteroatoms. The molecule has 4 aromatic carbocycles. The van der Waals surface area contributed by atoms with Crippen LogP contribution in [0, 0.1) is 0 Å². The molecule has 0 atom stereocenters. The van der Waals surface area contributed by atoms with E-state index in [4.69, 9.17) is 23.2 Å². The molecule has 6 rings (SSSR count). The molecule has 2 aromatic heterocycles. The number of para-hydroxylation sites is 2. The quantitative estimate of drug-likeness (QED) is 0.0737. The predicted molar refractivity (Wildman–Crippen MR) is 193 cm³/mol. The molecule has 0 radical (unpaired) electrons. The fraction of sp³-hybridized carbons (Fsp3) is 0. The van der Waals surface area contributed by atoms with Crippen molar-refractivity contribution in [3.63, 3.8) is 0 Å². The molecular formula is C32H22Cl2K2N10O6S2. The Morgan fingerprint density at radius 2 is 0.778 bits per heavy atom. The number of hydrogen-bond acceptors (Lipinski definition) is 16. The van der Waals surface area contributed by atoms with Gasteiger partial charge in [0.15, 0.2) is 0 Å². The molecule has 6 aromatic rings. The van der Waals surface area contributed by atoms with Crippen LogP contribution in [0.25, 0.3) is 12.2 Å². The van der Waals surface area contributed by atoms with Crippen LogP contribution in [0.2, 0.25) is 10.6 Å². The number of nitrogens with zero attached hydrogens (tertiary/aromatic N) is 6. The SMILES string of the molecule is O=S(=O)([O-])c1cc(Nc2nc(Cl)nc(Nc3ccccc3)n2)ccc1C=Cc1ccc(Nc2nc(Cl)nc(Nc3ccccc3)n2)cc1S(=O)(=O)[O-].[K+].[K+]. The van der Waals surface area contributed by atoms with Crippen molar-refractivity contribution in [3.05, 3.63) is 119 Å². The Hall–Kier alpha value is -2.49. The van der Waals surface area contributed by atoms with Gasteiger partial charge in [-0.3, -0.25) is 0 Å². The van der Waals surface area contributed by atoms with Crippen molar-refractivity contribution in [1.82, 2.24) is 29.9 Å². The minimum absolute atomic E-state index is 0. The molecule has 0 saturated carbocycles. The van der Waals surface area contributed by atoms with Gasteiger partial charge in [-0.15, -0.1) is 0 Å². The molecular weight excluding hydrogens is 834 g/mol. The second-order valence-corrected chi connectivity index (χ2v) is 13.9. The van der Waals surface area contributed by atoms with E-state index in [1.807, 2.05) is 12.1 Å². The zero-order valence-electron chi connectivity index (χ0n) is 28.1. The van der Waals surface area contributed by atoms with Gasteiger partial charge in [-0.1, -0.05) is 60.7 Å². The van der Waals surface area contributed by atoms with Gasteiger partial charge in [0.1, 0.15) is 20.2 Å². The molecule has 0 unspecified atom stereocenters. The first-order valence-electron chi connectivity index (χ1n) is 14.7. The van der Waals surface area contributed by atoms with Crippen molar-refractivity contribution >= 4 is 102 Å². The smallest absolute Gasteiger partial charge is 0.744 e. The Bertz CT molecular complexity index is 2350. The monoisotopic (exact) mass is 854 g/mol. The fourth-order valence-corrected chi connectivity index (χ4v) is 6.31. The largest absolute Gasteiger partial charge is 1.00 e. The molecule has 0 bridgehead atoms. The van der Waals surface area contributed by atoms with Crippen molar-refractivity contribution in [2.75, 3.05) is 21.3 Å². The molecule has 2 heterocycles. The topological polar surface area (TPSA) is 240 Å². The molecule has 0 aliphatic carbocycles. The first-order valence-corrected chi connectivity index (χ1v) is 18.3. The number of nitrogens with one attached hydrogen (secondary N) is 4. The van der Waals surface area contributed by atoms with Gasteiger partial charge in [0.2, 0.25) is 34.4 Å². The maximum Gasteiger partial charge on any atom is 1.00 e. The summed E-state index contributed by atoms with van der Waals surface area (Å²) in [6.07, 6.45) is 2.36. The predicted octanol–water partition coefficient (Wildman–Crippen LogP) is 0.324. The number of rotatable bonds is 12. The van der Waals surface area contributed by atoms with E-state index in [2.05, 4.69) is 51.2 Å². The molecule has 0 saturated heterocycles. The average molecular weight is 856 g/mol. The third-order valence-corrected chi connectivity index (χ3v) is 8.92. The number of anilines is 8. The van der Waals surface area contributed by atoms with Crippen molar-refractivity contribution in [2.45, 2.75) is 9.79 Å². The van der Waals surface area contributed by atoms with Crippen LogP contribution in [0.15, 0.2) is 107 Å². The summed E-state index contributed by atoms with van der Waals surface area (Å²) in [6.45, 7) is 0. The number of aromatic nitrogens is 6. The van der Waals surface area contributed by atoms with Crippen molar-refractivity contribution in [2.24, 2.45) is 0 Å². The van der Waals surface area contributed by atoms with E-state index in [1.54, 1.807) is 48.5 Å². The molecule has 16 nitrogen and oxygen atoms in total. The van der Waals surface area contributed by atoms with Crippen LogP contribution in [0.1, 0.15) is 11.1 Å². The minimum Gasteiger partial charge on any atom is -0.744 e. The Labute approximate surface area is 404 Å². The Kier molecular flexibility index (Phi) is 16.0. The summed E-state index contributed by atoms with van der Waals surface area (Å²) in [5, 5.41) is 11.2. The number of benzene rings is 4. The Morgan fingerprint density at radius 1 is 0.463 bits per heavy atom. The van der Waals surface area contributed by atoms with E-state index in [9.17, 15) is 25.9 Å². The van der Waals surface area contributed by atoms with E-state index < -0.39 is 30.0 Å². The van der Waals surface area contributed by atoms with Gasteiger partial charge in [-0.05, 0) is 82.9 Å². The summed E-state index contributed by atoms with van der Waals surface area (Å²) in [5.41, 5.74) is 1.36. The van der Waals surface area contributed by atoms with Crippen molar-refractivity contribution < 1.29 is 129 Å². The van der Waals surface area contributed by atoms with Gasteiger partial charge in [0.25, 0.3) is 0 Å². The molecule has 0 spiro atoms. The Balaban J connectivity index is 0.00000325. The van der Waals surface area contributed by atoms with Gasteiger partial charge in [0, 0.05) is 22.7 Å². The maximum absolute atomic E-state index is 12.3. The van der Waals surface area contributed by atoms with Gasteiger partial charge in [-0.25, -0.2) is 16.8 Å². The summed E-state index contributed by atoms with van der Waals surface area (Å²) in [4.78, 5) is 23.1. The summed E-state index contributed by atoms with van der Waals surface area (Å²) < 4.78 is 73.8. The van der Waals surface area contributed by atoms with Crippen LogP contribution >= 0.6 is 23.2 Å². The number of halogens is 2. The van der Waals surface area contributed by atoms with Crippen molar-refractivity contribution in [3.8, 4) is 0 Å². The van der Waals surface area contributed by atoms with E-state index >= 15 is 0 Å². The van der Waals surface area contributed by atoms with Crippen LogP contribution in [0.4, 0.5) is 46.5 Å². The molecule has 0 amide bonds. The summed E-state index contributed by atoms with van der Waals surface area (Å²) >= 11 is 12.1. The molecule has 4 N–H and O–H groups in total. The van der Waals surface area contributed by atoms with Crippen LogP contribution in [-0.4, -0.2) is 55.8 Å². The summed E-state index contributed by atoms with van der Waals surface area (Å²) in [6, 6.07) is 25.5. The molecule has 0 aliphatic heterocycles. The van der Waals surface area contributed by atoms with Crippen LogP contribution in [-0.2, 0) is 20.2 Å². The Morgan fingerprint density at radius 3 is 1.09 bits per heavy atom. The molecule has 0 fully saturated rings. The van der Waals surface area contributed by atoms with E-state index in [1.165, 1.54) is 36.4 Å². The zero-order valence-corrected chi connectivity index (χ0v) is 37.5. The van der Waals surface area contributed by atoms with Gasteiger partial charge >= 0.3 is 103 Å². The summed E-state index contributed by atoms with van der Waals surface area (Å²) in [7, 11) is -10.1. The number of hydrogen-bond donors (Lipinski definition) is 4. The third-order valence-electron chi connectivity index (χ3n) is 6.80. The van der Waals surface area contributed by atoms with Gasteiger partial charge in [-0.2, -0.15) is 29.9 Å². The normalized spacial score (nSPS) is 11.3. The zero-order chi connectivity index (χ0) is 36.9. The second-order valence-electron chi connectivity index (χ2n) is 10.5. The standard InChI is InChI=1S/C32H24Cl2N10O6S2.2K/c33-27-39-29(35-21-7-3-1-4-8-21)43-31(41-27)37-23-15-13-19(25(17-23)51(45,46)47)11-12-20-14-16-24(18-26(20)52(48,49)50)38-32-42-28(34)40-30(44-32)36-22-9-5-2-6-10-22;;/h1-18H,(H,45,46,47)(H,48,49,50)(H2,35,37,39,41,43)(H2,36,38,40,42,44);;/q;2*+1/p-2. The first kappa shape index (κ1) is 44.2. The summed E-state index contributed by atoms with van der Waals surface area (Å²) in [5.74, 6) is 0.0746. The third kappa shape index (κ3) is 12.5. The molecule has 264 valence electrons. The van der Waals surface area contributed by atoms with Crippen molar-refractivity contribution in [1.29, 1.82) is 0 Å². The minimum atomic E-state index is -5.07. The molecule has 0 aliphatic rings. The van der Waals surface area contributed by atoms with E-state index in [0.29, 0.717) is 11.4 Å². The molecule has 54 heavy (non-hydrogen) atoms. The first-order chi connectivity index (χ1) is 24.8. The average Bonchev–Trinajstić information content (AvgIpc) is 3.07. The fourth-order valence-electron chi connectivity index (χ4n) is 4.60. The van der Waals surface area contributed by atoms with Gasteiger partial charge in [0.05, 0.1) is 9.79 Å². The van der Waals surface area contributed by atoms with Crippen LogP contribution < -0.4 is 124 Å². The van der Waals surface area contributed by atoms with Crippen LogP contribution in [0.3, 0.4) is 0 Å². The second kappa shape index (κ2) is 19.6. The van der Waals surface area contributed by atoms with Crippen LogP contribution in [0.5, 0.6) is 0 Å². The van der Waals surface area contributed by atoms with Gasteiger partial charge < -0.3 is 30.4 Å². The van der Waals surface area contributed by atoms with E-state index in [0.717, 1.165) is 12.1 Å². The maximum atomic E-state index is 12.3.